The Morgan fingerprint density at radius 1 is 1.06 bits per heavy atom. The molecule has 3 aromatic rings. The molecule has 4 rings (SSSR count). The van der Waals surface area contributed by atoms with Crippen LogP contribution in [0.2, 0.25) is 0 Å². The van der Waals surface area contributed by atoms with Crippen molar-refractivity contribution in [2.24, 2.45) is 11.5 Å². The van der Waals surface area contributed by atoms with Gasteiger partial charge >= 0.3 is 6.18 Å². The molecule has 0 amide bonds. The monoisotopic (exact) mass is 473 g/mol. The molecule has 2 heterocycles. The maximum absolute atomic E-state index is 13.9. The molecule has 9 heteroatoms. The Morgan fingerprint density at radius 3 is 2.41 bits per heavy atom. The van der Waals surface area contributed by atoms with E-state index in [1.54, 1.807) is 6.07 Å². The molecule has 4 N–H and O–H groups in total. The number of aromatic nitrogens is 2. The summed E-state index contributed by atoms with van der Waals surface area (Å²) >= 11 is 0. The van der Waals surface area contributed by atoms with Gasteiger partial charge in [-0.1, -0.05) is 54.9 Å². The van der Waals surface area contributed by atoms with Crippen molar-refractivity contribution in [2.75, 3.05) is 6.54 Å². The number of nitrogens with two attached hydrogens (primary N) is 2. The van der Waals surface area contributed by atoms with E-state index in [9.17, 15) is 13.2 Å². The summed E-state index contributed by atoms with van der Waals surface area (Å²) in [5.74, 6) is 0.438. The molecule has 34 heavy (non-hydrogen) atoms. The van der Waals surface area contributed by atoms with Crippen LogP contribution >= 0.6 is 0 Å². The second-order valence-electron chi connectivity index (χ2n) is 8.78. The Morgan fingerprint density at radius 2 is 1.76 bits per heavy atom. The average molecular weight is 474 g/mol. The highest BCUT2D eigenvalue weighted by Gasteiger charge is 2.35. The van der Waals surface area contributed by atoms with Crippen LogP contribution in [0.25, 0.3) is 11.4 Å². The first-order valence-electron chi connectivity index (χ1n) is 11.6. The highest BCUT2D eigenvalue weighted by Crippen LogP contribution is 2.36. The molecule has 1 aromatic heterocycles. The zero-order valence-electron chi connectivity index (χ0n) is 19.2. The molecule has 0 aliphatic carbocycles. The SMILES string of the molecule is CCCc1ccc(CCc2ccc(-c3noc([C@@H]4CCCN4C(N)N)n3)cc2C(F)(F)F)cc1. The summed E-state index contributed by atoms with van der Waals surface area (Å²) in [6.07, 6.45) is -0.667. The first kappa shape index (κ1) is 24.4. The summed E-state index contributed by atoms with van der Waals surface area (Å²) in [4.78, 5) is 6.21. The van der Waals surface area contributed by atoms with Crippen molar-refractivity contribution in [3.8, 4) is 11.4 Å². The molecule has 1 fully saturated rings. The van der Waals surface area contributed by atoms with Gasteiger partial charge in [-0.25, -0.2) is 0 Å². The van der Waals surface area contributed by atoms with E-state index in [0.29, 0.717) is 18.9 Å². The molecule has 182 valence electrons. The van der Waals surface area contributed by atoms with Crippen LogP contribution in [0.4, 0.5) is 13.2 Å². The average Bonchev–Trinajstić information content (AvgIpc) is 3.48. The topological polar surface area (TPSA) is 94.2 Å². The summed E-state index contributed by atoms with van der Waals surface area (Å²) in [6.45, 7) is 2.82. The van der Waals surface area contributed by atoms with Crippen molar-refractivity contribution in [1.82, 2.24) is 15.0 Å². The Balaban J connectivity index is 1.54. The summed E-state index contributed by atoms with van der Waals surface area (Å²) in [5, 5.41) is 3.93. The molecule has 1 aliphatic heterocycles. The zero-order valence-corrected chi connectivity index (χ0v) is 19.2. The second-order valence-corrected chi connectivity index (χ2v) is 8.78. The second kappa shape index (κ2) is 10.2. The predicted octanol–water partition coefficient (Wildman–Crippen LogP) is 4.83. The minimum atomic E-state index is -4.49. The molecular formula is C25H30F3N5O. The van der Waals surface area contributed by atoms with Crippen molar-refractivity contribution in [3.05, 3.63) is 70.6 Å². The fourth-order valence-corrected chi connectivity index (χ4v) is 4.54. The molecule has 6 nitrogen and oxygen atoms in total. The Labute approximate surface area is 197 Å². The summed E-state index contributed by atoms with van der Waals surface area (Å²) < 4.78 is 47.1. The molecular weight excluding hydrogens is 443 g/mol. The van der Waals surface area contributed by atoms with E-state index in [1.807, 2.05) is 29.2 Å². The quantitative estimate of drug-likeness (QED) is 0.455. The van der Waals surface area contributed by atoms with Crippen molar-refractivity contribution >= 4 is 0 Å². The third-order valence-corrected chi connectivity index (χ3v) is 6.32. The van der Waals surface area contributed by atoms with Gasteiger partial charge in [-0.15, -0.1) is 0 Å². The molecule has 0 bridgehead atoms. The number of aryl methyl sites for hydroxylation is 3. The van der Waals surface area contributed by atoms with E-state index in [-0.39, 0.29) is 29.4 Å². The number of nitrogens with zero attached hydrogens (tertiary/aromatic N) is 3. The number of alkyl halides is 3. The fourth-order valence-electron chi connectivity index (χ4n) is 4.54. The standard InChI is InChI=1S/C25H30F3N5O/c1-2-4-16-6-8-17(9-7-16)10-11-18-12-13-19(15-20(18)25(26,27)28)22-31-23(34-32-22)21-5-3-14-33(21)24(29)30/h6-9,12-13,15,21,24H,2-5,10-11,14,29-30H2,1H3/t21-/m0/s1. The van der Waals surface area contributed by atoms with Gasteiger partial charge in [-0.05, 0) is 54.9 Å². The van der Waals surface area contributed by atoms with Gasteiger partial charge in [0.1, 0.15) is 6.29 Å². The number of hydrogen-bond acceptors (Lipinski definition) is 6. The van der Waals surface area contributed by atoms with Crippen LogP contribution in [0.1, 0.15) is 60.4 Å². The lowest BCUT2D eigenvalue weighted by Gasteiger charge is -2.24. The third-order valence-electron chi connectivity index (χ3n) is 6.32. The van der Waals surface area contributed by atoms with Crippen LogP contribution in [0.3, 0.4) is 0 Å². The largest absolute Gasteiger partial charge is 0.416 e. The third kappa shape index (κ3) is 5.48. The van der Waals surface area contributed by atoms with Crippen molar-refractivity contribution < 1.29 is 17.7 Å². The van der Waals surface area contributed by atoms with Gasteiger partial charge in [0.2, 0.25) is 11.7 Å². The Bertz CT molecular complexity index is 1090. The van der Waals surface area contributed by atoms with E-state index >= 15 is 0 Å². The van der Waals surface area contributed by atoms with Gasteiger partial charge in [-0.3, -0.25) is 4.90 Å². The van der Waals surface area contributed by atoms with Gasteiger partial charge in [0.15, 0.2) is 0 Å². The predicted molar refractivity (Wildman–Crippen MR) is 123 cm³/mol. The van der Waals surface area contributed by atoms with Crippen LogP contribution in [0.15, 0.2) is 47.0 Å². The number of rotatable bonds is 8. The highest BCUT2D eigenvalue weighted by molar-refractivity contribution is 5.57. The fraction of sp³-hybridized carbons (Fsp3) is 0.440. The van der Waals surface area contributed by atoms with Crippen molar-refractivity contribution in [3.63, 3.8) is 0 Å². The lowest BCUT2D eigenvalue weighted by molar-refractivity contribution is -0.138. The number of halogens is 3. The van der Waals surface area contributed by atoms with Crippen molar-refractivity contribution in [1.29, 1.82) is 0 Å². The first-order chi connectivity index (χ1) is 16.3. The lowest BCUT2D eigenvalue weighted by atomic mass is 9.96. The number of hydrogen-bond donors (Lipinski definition) is 2. The summed E-state index contributed by atoms with van der Waals surface area (Å²) in [7, 11) is 0. The van der Waals surface area contributed by atoms with E-state index < -0.39 is 18.0 Å². The van der Waals surface area contributed by atoms with E-state index in [0.717, 1.165) is 37.3 Å². The van der Waals surface area contributed by atoms with Gasteiger partial charge in [0, 0.05) is 12.1 Å². The molecule has 0 saturated carbocycles. The van der Waals surface area contributed by atoms with Gasteiger partial charge < -0.3 is 16.0 Å². The van der Waals surface area contributed by atoms with Crippen LogP contribution in [0, 0.1) is 0 Å². The smallest absolute Gasteiger partial charge is 0.337 e. The van der Waals surface area contributed by atoms with Gasteiger partial charge in [0.25, 0.3) is 0 Å². The Kier molecular flexibility index (Phi) is 7.35. The molecule has 1 aliphatic rings. The summed E-state index contributed by atoms with van der Waals surface area (Å²) in [6, 6.07) is 12.1. The zero-order chi connectivity index (χ0) is 24.3. The van der Waals surface area contributed by atoms with Crippen LogP contribution in [-0.4, -0.2) is 27.9 Å². The maximum Gasteiger partial charge on any atom is 0.416 e. The van der Waals surface area contributed by atoms with Gasteiger partial charge in [0.05, 0.1) is 11.6 Å². The van der Waals surface area contributed by atoms with Crippen LogP contribution < -0.4 is 11.5 Å². The minimum absolute atomic E-state index is 0.121. The maximum atomic E-state index is 13.9. The minimum Gasteiger partial charge on any atom is -0.337 e. The normalized spacial score (nSPS) is 17.1. The molecule has 1 saturated heterocycles. The number of benzene rings is 2. The van der Waals surface area contributed by atoms with E-state index in [4.69, 9.17) is 16.0 Å². The van der Waals surface area contributed by atoms with Gasteiger partial charge in [-0.2, -0.15) is 18.2 Å². The Hall–Kier alpha value is -2.75. The molecule has 2 aromatic carbocycles. The molecule has 0 unspecified atom stereocenters. The van der Waals surface area contributed by atoms with Crippen LogP contribution in [-0.2, 0) is 25.4 Å². The highest BCUT2D eigenvalue weighted by atomic mass is 19.4. The van der Waals surface area contributed by atoms with Crippen LogP contribution in [0.5, 0.6) is 0 Å². The lowest BCUT2D eigenvalue weighted by Crippen LogP contribution is -2.48. The van der Waals surface area contributed by atoms with E-state index in [2.05, 4.69) is 17.1 Å². The molecule has 0 radical (unpaired) electrons. The first-order valence-corrected chi connectivity index (χ1v) is 11.6. The van der Waals surface area contributed by atoms with E-state index in [1.165, 1.54) is 11.6 Å². The summed E-state index contributed by atoms with van der Waals surface area (Å²) in [5.41, 5.74) is 13.7. The molecule has 0 spiro atoms. The molecule has 1 atom stereocenters. The van der Waals surface area contributed by atoms with Crippen molar-refractivity contribution in [2.45, 2.75) is 64.0 Å². The number of likely N-dealkylation sites (tertiary alicyclic amines) is 1.